The first-order valence-corrected chi connectivity index (χ1v) is 8.28. The summed E-state index contributed by atoms with van der Waals surface area (Å²) in [6, 6.07) is 9.21. The van der Waals surface area contributed by atoms with E-state index in [1.54, 1.807) is 0 Å². The van der Waals surface area contributed by atoms with Crippen molar-refractivity contribution < 1.29 is 18.3 Å². The number of nitrogens with two attached hydrogens (primary N) is 1. The number of nitrogens with zero attached hydrogens (tertiary/aromatic N) is 2. The third-order valence-corrected chi connectivity index (χ3v) is 4.79. The van der Waals surface area contributed by atoms with E-state index in [4.69, 9.17) is 10.2 Å². The number of aliphatic hydroxyl groups is 1. The van der Waals surface area contributed by atoms with Crippen molar-refractivity contribution in [1.29, 1.82) is 0 Å². The first-order valence-electron chi connectivity index (χ1n) is 8.28. The van der Waals surface area contributed by atoms with E-state index in [2.05, 4.69) is 10.2 Å². The zero-order chi connectivity index (χ0) is 18.3. The summed E-state index contributed by atoms with van der Waals surface area (Å²) >= 11 is 0. The van der Waals surface area contributed by atoms with Crippen molar-refractivity contribution in [3.63, 3.8) is 0 Å². The number of halogens is 2. The molecule has 5 nitrogen and oxygen atoms in total. The molecule has 0 amide bonds. The number of rotatable bonds is 3. The average Bonchev–Trinajstić information content (AvgIpc) is 3.13. The fourth-order valence-corrected chi connectivity index (χ4v) is 3.24. The predicted octanol–water partition coefficient (Wildman–Crippen LogP) is 2.97. The van der Waals surface area contributed by atoms with Crippen LogP contribution in [0.15, 0.2) is 40.8 Å². The maximum atomic E-state index is 13.4. The van der Waals surface area contributed by atoms with Crippen LogP contribution in [0.3, 0.4) is 0 Å². The summed E-state index contributed by atoms with van der Waals surface area (Å²) in [6.45, 7) is -0.0719. The summed E-state index contributed by atoms with van der Waals surface area (Å²) in [6.07, 6.45) is 2.10. The van der Waals surface area contributed by atoms with Crippen LogP contribution in [0, 0.1) is 11.6 Å². The molecule has 1 atom stereocenters. The Kier molecular flexibility index (Phi) is 5.32. The molecule has 1 aromatic heterocycles. The topological polar surface area (TPSA) is 85.2 Å². The van der Waals surface area contributed by atoms with E-state index in [-0.39, 0.29) is 31.9 Å². The minimum absolute atomic E-state index is 0. The predicted molar refractivity (Wildman–Crippen MR) is 101 cm³/mol. The maximum Gasteiger partial charge on any atom is 0.248 e. The molecule has 27 heavy (non-hydrogen) atoms. The summed E-state index contributed by atoms with van der Waals surface area (Å²) in [5, 5.41) is 17.4. The summed E-state index contributed by atoms with van der Waals surface area (Å²) in [7, 11) is 0. The lowest BCUT2D eigenvalue weighted by Gasteiger charge is -2.33. The quantitative estimate of drug-likeness (QED) is 0.717. The third kappa shape index (κ3) is 3.73. The molecule has 1 aliphatic carbocycles. The number of aryl methyl sites for hydroxylation is 1. The van der Waals surface area contributed by atoms with Crippen LogP contribution < -0.4 is 5.73 Å². The van der Waals surface area contributed by atoms with E-state index < -0.39 is 17.2 Å². The van der Waals surface area contributed by atoms with Crippen molar-refractivity contribution in [3.05, 3.63) is 59.2 Å². The van der Waals surface area contributed by atoms with Crippen LogP contribution in [0.2, 0.25) is 0 Å². The lowest BCUT2D eigenvalue weighted by atomic mass is 9.78. The van der Waals surface area contributed by atoms with Gasteiger partial charge in [-0.3, -0.25) is 0 Å². The molecule has 142 valence electrons. The van der Waals surface area contributed by atoms with Gasteiger partial charge >= 0.3 is 0 Å². The van der Waals surface area contributed by atoms with Crippen molar-refractivity contribution in [2.45, 2.75) is 24.8 Å². The Balaban J connectivity index is 0.00000210. The van der Waals surface area contributed by atoms with Crippen molar-refractivity contribution in [2.24, 2.45) is 5.73 Å². The molecule has 1 aliphatic rings. The molecule has 0 bridgehead atoms. The SMILES string of the molecule is N[C@@]1(CO)CCc2ccc(-c3nnc(-c4ccc(F)c(F)c4)o3)cc2C1.S. The Morgan fingerprint density at radius 2 is 1.67 bits per heavy atom. The molecule has 3 aromatic rings. The monoisotopic (exact) mass is 391 g/mol. The van der Waals surface area contributed by atoms with Crippen LogP contribution in [0.25, 0.3) is 22.9 Å². The van der Waals surface area contributed by atoms with E-state index >= 15 is 0 Å². The van der Waals surface area contributed by atoms with Gasteiger partial charge in [-0.15, -0.1) is 10.2 Å². The van der Waals surface area contributed by atoms with Gasteiger partial charge in [-0.25, -0.2) is 8.78 Å². The highest BCUT2D eigenvalue weighted by molar-refractivity contribution is 7.59. The van der Waals surface area contributed by atoms with Crippen molar-refractivity contribution in [3.8, 4) is 22.9 Å². The van der Waals surface area contributed by atoms with Gasteiger partial charge in [0.25, 0.3) is 0 Å². The molecule has 0 saturated heterocycles. The van der Waals surface area contributed by atoms with Gasteiger partial charge in [-0.1, -0.05) is 6.07 Å². The Hall–Kier alpha value is -2.29. The molecule has 0 spiro atoms. The molecule has 0 radical (unpaired) electrons. The Morgan fingerprint density at radius 3 is 2.33 bits per heavy atom. The van der Waals surface area contributed by atoms with Gasteiger partial charge < -0.3 is 15.3 Å². The largest absolute Gasteiger partial charge is 0.416 e. The molecule has 4 rings (SSSR count). The second kappa shape index (κ2) is 7.38. The van der Waals surface area contributed by atoms with Crippen LogP contribution in [0.5, 0.6) is 0 Å². The summed E-state index contributed by atoms with van der Waals surface area (Å²) in [5.41, 5.74) is 8.83. The molecule has 0 aliphatic heterocycles. The van der Waals surface area contributed by atoms with Crippen LogP contribution in [-0.2, 0) is 12.8 Å². The highest BCUT2D eigenvalue weighted by Gasteiger charge is 2.30. The van der Waals surface area contributed by atoms with E-state index in [0.717, 1.165) is 30.5 Å². The van der Waals surface area contributed by atoms with Gasteiger partial charge in [0.2, 0.25) is 11.8 Å². The minimum atomic E-state index is -0.973. The van der Waals surface area contributed by atoms with E-state index in [9.17, 15) is 13.9 Å². The van der Waals surface area contributed by atoms with Gasteiger partial charge in [-0.05, 0) is 60.7 Å². The van der Waals surface area contributed by atoms with Crippen molar-refractivity contribution >= 4 is 13.5 Å². The van der Waals surface area contributed by atoms with Crippen LogP contribution in [-0.4, -0.2) is 27.4 Å². The van der Waals surface area contributed by atoms with Crippen LogP contribution >= 0.6 is 13.5 Å². The second-order valence-corrected chi connectivity index (χ2v) is 6.72. The normalized spacial score (nSPS) is 18.7. The zero-order valence-electron chi connectivity index (χ0n) is 14.4. The molecular formula is C19H19F2N3O2S. The number of fused-ring (bicyclic) bond motifs is 1. The number of hydrogen-bond acceptors (Lipinski definition) is 5. The van der Waals surface area contributed by atoms with Gasteiger partial charge in [0.05, 0.1) is 6.61 Å². The smallest absolute Gasteiger partial charge is 0.248 e. The molecule has 0 fully saturated rings. The van der Waals surface area contributed by atoms with Crippen molar-refractivity contribution in [2.75, 3.05) is 6.61 Å². The van der Waals surface area contributed by atoms with Gasteiger partial charge in [-0.2, -0.15) is 13.5 Å². The highest BCUT2D eigenvalue weighted by atomic mass is 32.1. The van der Waals surface area contributed by atoms with Gasteiger partial charge in [0.1, 0.15) is 0 Å². The van der Waals surface area contributed by atoms with E-state index in [1.807, 2.05) is 18.2 Å². The fraction of sp³-hybridized carbons (Fsp3) is 0.263. The fourth-order valence-electron chi connectivity index (χ4n) is 3.24. The van der Waals surface area contributed by atoms with E-state index in [1.165, 1.54) is 11.6 Å². The molecule has 8 heteroatoms. The standard InChI is InChI=1S/C19H17F2N3O2.H2S/c20-15-4-3-13(8-16(15)21)18-24-23-17(26-18)12-2-1-11-5-6-19(22,10-25)9-14(11)7-12;/h1-4,7-8,25H,5-6,9-10,22H2;1H2/t19-;/m0./s1. The molecule has 0 saturated carbocycles. The summed E-state index contributed by atoms with van der Waals surface area (Å²) < 4.78 is 32.1. The summed E-state index contributed by atoms with van der Waals surface area (Å²) in [5.74, 6) is -1.51. The Labute approximate surface area is 161 Å². The maximum absolute atomic E-state index is 13.4. The number of benzene rings is 2. The first kappa shape index (κ1) is 19.5. The van der Waals surface area contributed by atoms with Crippen LogP contribution in [0.1, 0.15) is 17.5 Å². The third-order valence-electron chi connectivity index (χ3n) is 4.79. The van der Waals surface area contributed by atoms with E-state index in [0.29, 0.717) is 17.5 Å². The highest BCUT2D eigenvalue weighted by Crippen LogP contribution is 2.31. The molecule has 2 aromatic carbocycles. The van der Waals surface area contributed by atoms with Gasteiger partial charge in [0, 0.05) is 16.7 Å². The Bertz CT molecular complexity index is 979. The number of aromatic nitrogens is 2. The average molecular weight is 391 g/mol. The molecular weight excluding hydrogens is 372 g/mol. The first-order chi connectivity index (χ1) is 12.5. The molecule has 1 heterocycles. The molecule has 3 N–H and O–H groups in total. The van der Waals surface area contributed by atoms with Gasteiger partial charge in [0.15, 0.2) is 11.6 Å². The number of aliphatic hydroxyl groups excluding tert-OH is 1. The number of hydrogen-bond donors (Lipinski definition) is 2. The minimum Gasteiger partial charge on any atom is -0.416 e. The molecule has 0 unspecified atom stereocenters. The zero-order valence-corrected chi connectivity index (χ0v) is 15.4. The van der Waals surface area contributed by atoms with Crippen LogP contribution in [0.4, 0.5) is 8.78 Å². The van der Waals surface area contributed by atoms with Crippen molar-refractivity contribution in [1.82, 2.24) is 10.2 Å². The lowest BCUT2D eigenvalue weighted by Crippen LogP contribution is -2.48. The second-order valence-electron chi connectivity index (χ2n) is 6.72. The Morgan fingerprint density at radius 1 is 1.00 bits per heavy atom. The lowest BCUT2D eigenvalue weighted by molar-refractivity contribution is 0.181. The summed E-state index contributed by atoms with van der Waals surface area (Å²) in [4.78, 5) is 0.